The maximum atomic E-state index is 12.7. The molecule has 2 rings (SSSR count). The third-order valence-corrected chi connectivity index (χ3v) is 5.49. The van der Waals surface area contributed by atoms with E-state index < -0.39 is 15.9 Å². The number of anilines is 1. The second kappa shape index (κ2) is 5.98. The summed E-state index contributed by atoms with van der Waals surface area (Å²) in [6.45, 7) is 1.78. The number of amides is 1. The highest BCUT2D eigenvalue weighted by Gasteiger charge is 2.24. The van der Waals surface area contributed by atoms with Crippen molar-refractivity contribution in [2.45, 2.75) is 11.8 Å². The lowest BCUT2D eigenvalue weighted by atomic mass is 10.2. The molecule has 0 unspecified atom stereocenters. The van der Waals surface area contributed by atoms with Crippen molar-refractivity contribution in [1.82, 2.24) is 0 Å². The normalized spacial score (nSPS) is 11.2. The quantitative estimate of drug-likeness (QED) is 0.930. The maximum absolute atomic E-state index is 12.7. The molecule has 0 saturated carbocycles. The molecule has 0 aromatic heterocycles. The van der Waals surface area contributed by atoms with Gasteiger partial charge in [0.15, 0.2) is 0 Å². The van der Waals surface area contributed by atoms with Crippen LogP contribution in [0.15, 0.2) is 47.4 Å². The molecule has 2 N–H and O–H groups in total. The lowest BCUT2D eigenvalue weighted by Gasteiger charge is -2.21. The minimum Gasteiger partial charge on any atom is -0.366 e. The highest BCUT2D eigenvalue weighted by molar-refractivity contribution is 7.92. The molecule has 2 aromatic carbocycles. The molecule has 0 spiro atoms. The van der Waals surface area contributed by atoms with Crippen LogP contribution in [0.1, 0.15) is 15.9 Å². The molecule has 2 aromatic rings. The van der Waals surface area contributed by atoms with Gasteiger partial charge in [-0.15, -0.1) is 0 Å². The largest absolute Gasteiger partial charge is 0.366 e. The van der Waals surface area contributed by atoms with Crippen molar-refractivity contribution in [3.05, 3.63) is 58.6 Å². The summed E-state index contributed by atoms with van der Waals surface area (Å²) in [5.41, 5.74) is 6.42. The van der Waals surface area contributed by atoms with Crippen LogP contribution in [0, 0.1) is 6.92 Å². The number of rotatable bonds is 4. The second-order valence-corrected chi connectivity index (χ2v) is 7.14. The second-order valence-electron chi connectivity index (χ2n) is 4.76. The summed E-state index contributed by atoms with van der Waals surface area (Å²) >= 11 is 6.00. The van der Waals surface area contributed by atoms with E-state index in [4.69, 9.17) is 17.3 Å². The fraction of sp³-hybridized carbons (Fsp3) is 0.133. The first kappa shape index (κ1) is 16.3. The number of primary amides is 1. The Balaban J connectivity index is 2.54. The van der Waals surface area contributed by atoms with Crippen molar-refractivity contribution in [1.29, 1.82) is 0 Å². The summed E-state index contributed by atoms with van der Waals surface area (Å²) in [6, 6.07) is 10.7. The number of nitrogens with two attached hydrogens (primary N) is 1. The molecule has 0 radical (unpaired) electrons. The van der Waals surface area contributed by atoms with Gasteiger partial charge in [-0.2, -0.15) is 0 Å². The minimum atomic E-state index is -3.85. The molecule has 0 atom stereocenters. The van der Waals surface area contributed by atoms with E-state index >= 15 is 0 Å². The Bertz CT molecular complexity index is 834. The van der Waals surface area contributed by atoms with Crippen LogP contribution in [-0.2, 0) is 10.0 Å². The zero-order valence-corrected chi connectivity index (χ0v) is 13.6. The SMILES string of the molecule is Cc1ccc(S(=O)(=O)N(C)c2ccccc2C(N)=O)cc1Cl. The number of para-hydroxylation sites is 1. The first-order valence-corrected chi connectivity index (χ1v) is 8.21. The number of hydrogen-bond acceptors (Lipinski definition) is 3. The van der Waals surface area contributed by atoms with Crippen LogP contribution in [-0.4, -0.2) is 21.4 Å². The van der Waals surface area contributed by atoms with E-state index in [1.54, 1.807) is 25.1 Å². The van der Waals surface area contributed by atoms with Crippen molar-refractivity contribution in [3.63, 3.8) is 0 Å². The van der Waals surface area contributed by atoms with E-state index in [9.17, 15) is 13.2 Å². The Kier molecular flexibility index (Phi) is 4.44. The van der Waals surface area contributed by atoms with E-state index in [1.165, 1.54) is 31.3 Å². The Labute approximate surface area is 134 Å². The van der Waals surface area contributed by atoms with Gasteiger partial charge in [-0.3, -0.25) is 9.10 Å². The van der Waals surface area contributed by atoms with E-state index in [0.29, 0.717) is 5.02 Å². The van der Waals surface area contributed by atoms with Crippen LogP contribution in [0.25, 0.3) is 0 Å². The number of carbonyl (C=O) groups is 1. The van der Waals surface area contributed by atoms with Crippen molar-refractivity contribution in [2.75, 3.05) is 11.4 Å². The van der Waals surface area contributed by atoms with E-state index in [0.717, 1.165) is 9.87 Å². The monoisotopic (exact) mass is 338 g/mol. The van der Waals surface area contributed by atoms with Gasteiger partial charge in [0.1, 0.15) is 0 Å². The van der Waals surface area contributed by atoms with Gasteiger partial charge in [0.05, 0.1) is 16.1 Å². The van der Waals surface area contributed by atoms with Gasteiger partial charge in [-0.05, 0) is 36.8 Å². The summed E-state index contributed by atoms with van der Waals surface area (Å²) in [5.74, 6) is -0.695. The van der Waals surface area contributed by atoms with E-state index in [-0.39, 0.29) is 16.1 Å². The van der Waals surface area contributed by atoms with Gasteiger partial charge in [0, 0.05) is 12.1 Å². The topological polar surface area (TPSA) is 80.5 Å². The van der Waals surface area contributed by atoms with Gasteiger partial charge in [-0.25, -0.2) is 8.42 Å². The molecule has 0 heterocycles. The molecule has 0 bridgehead atoms. The van der Waals surface area contributed by atoms with E-state index in [1.807, 2.05) is 0 Å². The van der Waals surface area contributed by atoms with E-state index in [2.05, 4.69) is 0 Å². The first-order chi connectivity index (χ1) is 10.2. The third kappa shape index (κ3) is 2.93. The molecule has 1 amide bonds. The lowest BCUT2D eigenvalue weighted by Crippen LogP contribution is -2.29. The van der Waals surface area contributed by atoms with Gasteiger partial charge >= 0.3 is 0 Å². The Morgan fingerprint density at radius 3 is 2.41 bits per heavy atom. The average molecular weight is 339 g/mol. The number of benzene rings is 2. The van der Waals surface area contributed by atoms with Gasteiger partial charge in [0.25, 0.3) is 15.9 Å². The minimum absolute atomic E-state index is 0.0462. The van der Waals surface area contributed by atoms with Crippen LogP contribution in [0.3, 0.4) is 0 Å². The number of halogens is 1. The molecular formula is C15H15ClN2O3S. The number of sulfonamides is 1. The molecule has 0 saturated heterocycles. The fourth-order valence-corrected chi connectivity index (χ4v) is 3.46. The molecular weight excluding hydrogens is 324 g/mol. The van der Waals surface area contributed by atoms with Gasteiger partial charge in [0.2, 0.25) is 0 Å². The highest BCUT2D eigenvalue weighted by atomic mass is 35.5. The number of aryl methyl sites for hydroxylation is 1. The van der Waals surface area contributed by atoms with Crippen LogP contribution in [0.2, 0.25) is 5.02 Å². The summed E-state index contributed by atoms with van der Waals surface area (Å²) in [5, 5.41) is 0.359. The Morgan fingerprint density at radius 2 is 1.82 bits per heavy atom. The summed E-state index contributed by atoms with van der Waals surface area (Å²) < 4.78 is 26.4. The number of hydrogen-bond donors (Lipinski definition) is 1. The van der Waals surface area contributed by atoms with Crippen molar-refractivity contribution in [3.8, 4) is 0 Å². The molecule has 22 heavy (non-hydrogen) atoms. The van der Waals surface area contributed by atoms with Crippen LogP contribution >= 0.6 is 11.6 Å². The van der Waals surface area contributed by atoms with Crippen molar-refractivity contribution in [2.24, 2.45) is 5.73 Å². The number of nitrogens with zero attached hydrogens (tertiary/aromatic N) is 1. The summed E-state index contributed by atoms with van der Waals surface area (Å²) in [6.07, 6.45) is 0. The smallest absolute Gasteiger partial charge is 0.264 e. The number of carbonyl (C=O) groups excluding carboxylic acids is 1. The molecule has 0 fully saturated rings. The Hall–Kier alpha value is -2.05. The lowest BCUT2D eigenvalue weighted by molar-refractivity contribution is 0.100. The highest BCUT2D eigenvalue weighted by Crippen LogP contribution is 2.27. The molecule has 116 valence electrons. The molecule has 0 aliphatic carbocycles. The fourth-order valence-electron chi connectivity index (χ4n) is 1.98. The average Bonchev–Trinajstić information content (AvgIpc) is 2.49. The molecule has 5 nitrogen and oxygen atoms in total. The first-order valence-electron chi connectivity index (χ1n) is 6.39. The predicted molar refractivity (Wildman–Crippen MR) is 86.7 cm³/mol. The maximum Gasteiger partial charge on any atom is 0.264 e. The van der Waals surface area contributed by atoms with Crippen LogP contribution < -0.4 is 10.0 Å². The van der Waals surface area contributed by atoms with Crippen LogP contribution in [0.5, 0.6) is 0 Å². The van der Waals surface area contributed by atoms with Crippen LogP contribution in [0.4, 0.5) is 5.69 Å². The standard InChI is InChI=1S/C15H15ClN2O3S/c1-10-7-8-11(9-13(10)16)22(20,21)18(2)14-6-4-3-5-12(14)15(17)19/h3-9H,1-2H3,(H2,17,19). The van der Waals surface area contributed by atoms with Crippen molar-refractivity contribution >= 4 is 33.2 Å². The summed E-state index contributed by atoms with van der Waals surface area (Å²) in [4.78, 5) is 11.5. The molecule has 7 heteroatoms. The molecule has 0 aliphatic rings. The van der Waals surface area contributed by atoms with Crippen molar-refractivity contribution < 1.29 is 13.2 Å². The van der Waals surface area contributed by atoms with Gasteiger partial charge < -0.3 is 5.73 Å². The predicted octanol–water partition coefficient (Wildman–Crippen LogP) is 2.57. The van der Waals surface area contributed by atoms with Gasteiger partial charge in [-0.1, -0.05) is 29.8 Å². The zero-order valence-electron chi connectivity index (χ0n) is 12.1. The molecule has 0 aliphatic heterocycles. The zero-order chi connectivity index (χ0) is 16.5. The Morgan fingerprint density at radius 1 is 1.18 bits per heavy atom. The third-order valence-electron chi connectivity index (χ3n) is 3.31. The summed E-state index contributed by atoms with van der Waals surface area (Å²) in [7, 11) is -2.48.